The molecule has 0 radical (unpaired) electrons. The summed E-state index contributed by atoms with van der Waals surface area (Å²) in [6, 6.07) is 13.9. The largest absolute Gasteiger partial charge is 0.496 e. The first-order valence-corrected chi connectivity index (χ1v) is 7.95. The van der Waals surface area contributed by atoms with Crippen molar-refractivity contribution < 1.29 is 19.1 Å². The predicted molar refractivity (Wildman–Crippen MR) is 97.7 cm³/mol. The number of amides is 1. The van der Waals surface area contributed by atoms with E-state index in [2.05, 4.69) is 5.32 Å². The van der Waals surface area contributed by atoms with Crippen LogP contribution in [0.15, 0.2) is 54.6 Å². The lowest BCUT2D eigenvalue weighted by molar-refractivity contribution is -0.148. The number of ether oxygens (including phenoxy) is 2. The van der Waals surface area contributed by atoms with Crippen LogP contribution in [0.5, 0.6) is 5.75 Å². The summed E-state index contributed by atoms with van der Waals surface area (Å²) in [5.74, 6) is -0.411. The summed E-state index contributed by atoms with van der Waals surface area (Å²) in [5.41, 5.74) is 1.31. The van der Waals surface area contributed by atoms with Crippen molar-refractivity contribution in [3.05, 3.63) is 65.2 Å². The molecule has 0 saturated carbocycles. The molecule has 1 atom stereocenters. The maximum atomic E-state index is 12.0. The SMILES string of the molecule is COc1ccccc1/C=C/C(=O)O[C@H](C)C(=O)Nc1ccc(Cl)cc1. The smallest absolute Gasteiger partial charge is 0.331 e. The van der Waals surface area contributed by atoms with E-state index >= 15 is 0 Å². The van der Waals surface area contributed by atoms with Gasteiger partial charge in [-0.25, -0.2) is 4.79 Å². The average molecular weight is 360 g/mol. The molecule has 2 aromatic carbocycles. The van der Waals surface area contributed by atoms with Crippen LogP contribution in [0.25, 0.3) is 6.08 Å². The number of hydrogen-bond donors (Lipinski definition) is 1. The zero-order valence-corrected chi connectivity index (χ0v) is 14.6. The van der Waals surface area contributed by atoms with Gasteiger partial charge in [-0.05, 0) is 43.3 Å². The van der Waals surface area contributed by atoms with Crippen LogP contribution in [-0.4, -0.2) is 25.1 Å². The summed E-state index contributed by atoms with van der Waals surface area (Å²) in [7, 11) is 1.55. The number of anilines is 1. The summed E-state index contributed by atoms with van der Waals surface area (Å²) >= 11 is 5.79. The molecule has 130 valence electrons. The minimum absolute atomic E-state index is 0.429. The van der Waals surface area contributed by atoms with Crippen LogP contribution in [0.2, 0.25) is 5.02 Å². The molecule has 25 heavy (non-hydrogen) atoms. The van der Waals surface area contributed by atoms with E-state index in [1.54, 1.807) is 49.6 Å². The standard InChI is InChI=1S/C19H18ClNO4/c1-13(19(23)21-16-10-8-15(20)9-11-16)25-18(22)12-7-14-5-3-4-6-17(14)24-2/h3-13H,1-2H3,(H,21,23)/b12-7+/t13-/m1/s1. The number of esters is 1. The minimum Gasteiger partial charge on any atom is -0.496 e. The van der Waals surface area contributed by atoms with E-state index < -0.39 is 18.0 Å². The molecule has 1 N–H and O–H groups in total. The molecule has 0 aliphatic carbocycles. The van der Waals surface area contributed by atoms with Crippen molar-refractivity contribution in [1.29, 1.82) is 0 Å². The molecule has 0 spiro atoms. The zero-order valence-electron chi connectivity index (χ0n) is 13.9. The topological polar surface area (TPSA) is 64.6 Å². The Hall–Kier alpha value is -2.79. The van der Waals surface area contributed by atoms with Gasteiger partial charge in [0.1, 0.15) is 5.75 Å². The Bertz CT molecular complexity index is 771. The molecule has 2 rings (SSSR count). The molecule has 1 amide bonds. The molecule has 0 aliphatic rings. The Morgan fingerprint density at radius 2 is 1.80 bits per heavy atom. The van der Waals surface area contributed by atoms with Gasteiger partial charge in [0.25, 0.3) is 5.91 Å². The van der Waals surface area contributed by atoms with Crippen molar-refractivity contribution in [2.75, 3.05) is 12.4 Å². The van der Waals surface area contributed by atoms with Gasteiger partial charge >= 0.3 is 5.97 Å². The van der Waals surface area contributed by atoms with Gasteiger partial charge in [0.2, 0.25) is 0 Å². The van der Waals surface area contributed by atoms with E-state index in [-0.39, 0.29) is 0 Å². The highest BCUT2D eigenvalue weighted by Crippen LogP contribution is 2.18. The Labute approximate surface area is 151 Å². The normalized spacial score (nSPS) is 11.8. The number of hydrogen-bond acceptors (Lipinski definition) is 4. The number of methoxy groups -OCH3 is 1. The van der Waals surface area contributed by atoms with Gasteiger partial charge in [-0.1, -0.05) is 29.8 Å². The maximum Gasteiger partial charge on any atom is 0.331 e. The van der Waals surface area contributed by atoms with Crippen molar-refractivity contribution in [2.24, 2.45) is 0 Å². The third-order valence-electron chi connectivity index (χ3n) is 3.31. The molecule has 0 saturated heterocycles. The second kappa shape index (κ2) is 8.89. The highest BCUT2D eigenvalue weighted by molar-refractivity contribution is 6.30. The van der Waals surface area contributed by atoms with Crippen molar-refractivity contribution in [2.45, 2.75) is 13.0 Å². The van der Waals surface area contributed by atoms with E-state index in [1.165, 1.54) is 13.0 Å². The summed E-state index contributed by atoms with van der Waals surface area (Å²) in [4.78, 5) is 23.9. The molecule has 0 aliphatic heterocycles. The molecule has 0 heterocycles. The van der Waals surface area contributed by atoms with E-state index in [0.717, 1.165) is 5.56 Å². The monoisotopic (exact) mass is 359 g/mol. The quantitative estimate of drug-likeness (QED) is 0.627. The number of rotatable bonds is 6. The lowest BCUT2D eigenvalue weighted by atomic mass is 10.2. The highest BCUT2D eigenvalue weighted by Gasteiger charge is 2.16. The first kappa shape index (κ1) is 18.5. The van der Waals surface area contributed by atoms with Crippen LogP contribution in [-0.2, 0) is 14.3 Å². The van der Waals surface area contributed by atoms with E-state index in [0.29, 0.717) is 16.5 Å². The molecule has 5 nitrogen and oxygen atoms in total. The van der Waals surface area contributed by atoms with Gasteiger partial charge in [-0.15, -0.1) is 0 Å². The summed E-state index contributed by atoms with van der Waals surface area (Å²) in [6.07, 6.45) is 1.89. The van der Waals surface area contributed by atoms with Crippen molar-refractivity contribution in [3.8, 4) is 5.75 Å². The zero-order chi connectivity index (χ0) is 18.2. The number of halogens is 1. The lowest BCUT2D eigenvalue weighted by Crippen LogP contribution is -2.29. The molecular formula is C19H18ClNO4. The van der Waals surface area contributed by atoms with Crippen LogP contribution < -0.4 is 10.1 Å². The maximum absolute atomic E-state index is 12.0. The van der Waals surface area contributed by atoms with Gasteiger partial charge in [-0.3, -0.25) is 4.79 Å². The van der Waals surface area contributed by atoms with Crippen LogP contribution in [0, 0.1) is 0 Å². The van der Waals surface area contributed by atoms with E-state index in [9.17, 15) is 9.59 Å². The van der Waals surface area contributed by atoms with E-state index in [1.807, 2.05) is 12.1 Å². The summed E-state index contributed by atoms with van der Waals surface area (Å²) in [6.45, 7) is 1.50. The van der Waals surface area contributed by atoms with Crippen molar-refractivity contribution in [3.63, 3.8) is 0 Å². The minimum atomic E-state index is -0.939. The number of nitrogens with one attached hydrogen (secondary N) is 1. The van der Waals surface area contributed by atoms with Crippen LogP contribution in [0.1, 0.15) is 12.5 Å². The summed E-state index contributed by atoms with van der Waals surface area (Å²) in [5, 5.41) is 3.22. The summed E-state index contributed by atoms with van der Waals surface area (Å²) < 4.78 is 10.3. The first-order chi connectivity index (χ1) is 12.0. The van der Waals surface area contributed by atoms with Crippen molar-refractivity contribution in [1.82, 2.24) is 0 Å². The van der Waals surface area contributed by atoms with Gasteiger partial charge in [0.15, 0.2) is 6.10 Å². The number of carbonyl (C=O) groups excluding carboxylic acids is 2. The second-order valence-electron chi connectivity index (χ2n) is 5.15. The van der Waals surface area contributed by atoms with Crippen LogP contribution >= 0.6 is 11.6 Å². The number of carbonyl (C=O) groups is 2. The molecule has 0 fully saturated rings. The number of para-hydroxylation sites is 1. The fourth-order valence-electron chi connectivity index (χ4n) is 2.01. The van der Waals surface area contributed by atoms with Crippen molar-refractivity contribution >= 4 is 35.2 Å². The molecular weight excluding hydrogens is 342 g/mol. The van der Waals surface area contributed by atoms with Gasteiger partial charge in [-0.2, -0.15) is 0 Å². The molecule has 0 unspecified atom stereocenters. The third kappa shape index (κ3) is 5.65. The lowest BCUT2D eigenvalue weighted by Gasteiger charge is -2.12. The first-order valence-electron chi connectivity index (χ1n) is 7.57. The van der Waals surface area contributed by atoms with Gasteiger partial charge < -0.3 is 14.8 Å². The number of benzene rings is 2. The molecule has 2 aromatic rings. The highest BCUT2D eigenvalue weighted by atomic mass is 35.5. The Balaban J connectivity index is 1.91. The Kier molecular flexibility index (Phi) is 6.60. The average Bonchev–Trinajstić information content (AvgIpc) is 2.62. The predicted octanol–water partition coefficient (Wildman–Crippen LogP) is 3.93. The van der Waals surface area contributed by atoms with Crippen LogP contribution in [0.3, 0.4) is 0 Å². The molecule has 0 bridgehead atoms. The third-order valence-corrected chi connectivity index (χ3v) is 3.56. The van der Waals surface area contributed by atoms with Gasteiger partial charge in [0, 0.05) is 22.3 Å². The van der Waals surface area contributed by atoms with E-state index in [4.69, 9.17) is 21.1 Å². The fraction of sp³-hybridized carbons (Fsp3) is 0.158. The Morgan fingerprint density at radius 3 is 2.48 bits per heavy atom. The Morgan fingerprint density at radius 1 is 1.12 bits per heavy atom. The van der Waals surface area contributed by atoms with Crippen LogP contribution in [0.4, 0.5) is 5.69 Å². The molecule has 0 aromatic heterocycles. The fourth-order valence-corrected chi connectivity index (χ4v) is 2.13. The molecule has 6 heteroatoms. The van der Waals surface area contributed by atoms with Gasteiger partial charge in [0.05, 0.1) is 7.11 Å². The second-order valence-corrected chi connectivity index (χ2v) is 5.59.